The monoisotopic (exact) mass is 282 g/mol. The average molecular weight is 283 g/mol. The van der Waals surface area contributed by atoms with E-state index in [-0.39, 0.29) is 10.6 Å². The summed E-state index contributed by atoms with van der Waals surface area (Å²) in [5, 5.41) is 12.5. The van der Waals surface area contributed by atoms with Crippen molar-refractivity contribution in [3.05, 3.63) is 22.8 Å². The molecule has 1 aliphatic rings. The van der Waals surface area contributed by atoms with Crippen LogP contribution in [0.15, 0.2) is 12.3 Å². The topological polar surface area (TPSA) is 62.2 Å². The third-order valence-electron chi connectivity index (χ3n) is 3.86. The Hall–Kier alpha value is -1.29. The molecule has 0 saturated heterocycles. The van der Waals surface area contributed by atoms with Gasteiger partial charge in [0.2, 0.25) is 0 Å². The Morgan fingerprint density at radius 2 is 2.16 bits per heavy atom. The number of aromatic nitrogens is 1. The van der Waals surface area contributed by atoms with Gasteiger partial charge in [-0.1, -0.05) is 24.9 Å². The molecule has 4 nitrogen and oxygen atoms in total. The van der Waals surface area contributed by atoms with Crippen LogP contribution in [0.1, 0.15) is 49.4 Å². The molecular formula is C14H19ClN2O2. The normalized spacial score (nSPS) is 23.1. The highest BCUT2D eigenvalue weighted by molar-refractivity contribution is 6.33. The zero-order chi connectivity index (χ0) is 13.8. The zero-order valence-electron chi connectivity index (χ0n) is 11.0. The van der Waals surface area contributed by atoms with Crippen LogP contribution in [-0.4, -0.2) is 22.1 Å². The van der Waals surface area contributed by atoms with Crippen molar-refractivity contribution in [3.8, 4) is 0 Å². The summed E-state index contributed by atoms with van der Waals surface area (Å²) < 4.78 is 0. The maximum atomic E-state index is 11.0. The number of halogens is 1. The lowest BCUT2D eigenvalue weighted by atomic mass is 9.84. The number of nitrogens with zero attached hydrogens (tertiary/aromatic N) is 1. The Morgan fingerprint density at radius 1 is 1.47 bits per heavy atom. The summed E-state index contributed by atoms with van der Waals surface area (Å²) in [5.74, 6) is 0.415. The summed E-state index contributed by atoms with van der Waals surface area (Å²) >= 11 is 5.80. The molecule has 1 aromatic rings. The SMILES string of the molecule is CCC1CCC(Nc2cc(C(=O)O)c(Cl)cn2)CC1. The number of hydrogen-bond donors (Lipinski definition) is 2. The Bertz CT molecular complexity index is 457. The zero-order valence-corrected chi connectivity index (χ0v) is 11.8. The lowest BCUT2D eigenvalue weighted by Gasteiger charge is -2.28. The van der Waals surface area contributed by atoms with Crippen LogP contribution in [-0.2, 0) is 0 Å². The number of anilines is 1. The third kappa shape index (κ3) is 3.60. The predicted molar refractivity (Wildman–Crippen MR) is 75.9 cm³/mol. The molecule has 2 rings (SSSR count). The van der Waals surface area contributed by atoms with Gasteiger partial charge >= 0.3 is 5.97 Å². The summed E-state index contributed by atoms with van der Waals surface area (Å²) in [4.78, 5) is 15.2. The molecule has 0 aromatic carbocycles. The van der Waals surface area contributed by atoms with Gasteiger partial charge in [-0.2, -0.15) is 0 Å². The minimum absolute atomic E-state index is 0.0985. The van der Waals surface area contributed by atoms with Gasteiger partial charge in [-0.05, 0) is 37.7 Å². The maximum Gasteiger partial charge on any atom is 0.337 e. The van der Waals surface area contributed by atoms with Gasteiger partial charge in [0.05, 0.1) is 10.6 Å². The van der Waals surface area contributed by atoms with Crippen LogP contribution in [0.2, 0.25) is 5.02 Å². The maximum absolute atomic E-state index is 11.0. The number of carboxylic acids is 1. The van der Waals surface area contributed by atoms with Crippen molar-refractivity contribution in [2.75, 3.05) is 5.32 Å². The largest absolute Gasteiger partial charge is 0.478 e. The summed E-state index contributed by atoms with van der Waals surface area (Å²) in [6.07, 6.45) is 7.33. The molecule has 1 aromatic heterocycles. The molecule has 1 fully saturated rings. The van der Waals surface area contributed by atoms with E-state index in [2.05, 4.69) is 17.2 Å². The highest BCUT2D eigenvalue weighted by Crippen LogP contribution is 2.28. The van der Waals surface area contributed by atoms with Crippen molar-refractivity contribution in [3.63, 3.8) is 0 Å². The molecule has 0 amide bonds. The van der Waals surface area contributed by atoms with Gasteiger partial charge in [-0.3, -0.25) is 0 Å². The quantitative estimate of drug-likeness (QED) is 0.881. The molecule has 0 spiro atoms. The first-order valence-electron chi connectivity index (χ1n) is 6.75. The molecule has 1 aliphatic carbocycles. The van der Waals surface area contributed by atoms with Crippen LogP contribution < -0.4 is 5.32 Å². The standard InChI is InChI=1S/C14H19ClN2O2/c1-2-9-3-5-10(6-4-9)17-13-7-11(14(18)19)12(15)8-16-13/h7-10H,2-6H2,1H3,(H,16,17)(H,18,19). The molecule has 19 heavy (non-hydrogen) atoms. The molecule has 2 N–H and O–H groups in total. The van der Waals surface area contributed by atoms with Crippen LogP contribution in [0.25, 0.3) is 0 Å². The molecule has 5 heteroatoms. The van der Waals surface area contributed by atoms with Crippen molar-refractivity contribution < 1.29 is 9.90 Å². The number of hydrogen-bond acceptors (Lipinski definition) is 3. The predicted octanol–water partition coefficient (Wildman–Crippen LogP) is 3.81. The van der Waals surface area contributed by atoms with E-state index in [9.17, 15) is 4.79 Å². The lowest BCUT2D eigenvalue weighted by molar-refractivity contribution is 0.0697. The fraction of sp³-hybridized carbons (Fsp3) is 0.571. The van der Waals surface area contributed by atoms with Gasteiger partial charge in [-0.15, -0.1) is 0 Å². The Balaban J connectivity index is 2.00. The van der Waals surface area contributed by atoms with E-state index in [1.165, 1.54) is 31.5 Å². The van der Waals surface area contributed by atoms with Gasteiger partial charge < -0.3 is 10.4 Å². The second-order valence-corrected chi connectivity index (χ2v) is 5.53. The van der Waals surface area contributed by atoms with Crippen molar-refractivity contribution in [1.82, 2.24) is 4.98 Å². The van der Waals surface area contributed by atoms with Crippen molar-refractivity contribution >= 4 is 23.4 Å². The number of carboxylic acid groups (broad SMARTS) is 1. The molecule has 0 unspecified atom stereocenters. The summed E-state index contributed by atoms with van der Waals surface area (Å²) in [7, 11) is 0. The fourth-order valence-corrected chi connectivity index (χ4v) is 2.79. The van der Waals surface area contributed by atoms with E-state index in [0.29, 0.717) is 11.9 Å². The third-order valence-corrected chi connectivity index (χ3v) is 4.16. The molecule has 0 bridgehead atoms. The van der Waals surface area contributed by atoms with Gasteiger partial charge in [-0.25, -0.2) is 9.78 Å². The fourth-order valence-electron chi connectivity index (χ4n) is 2.61. The minimum Gasteiger partial charge on any atom is -0.478 e. The van der Waals surface area contributed by atoms with Gasteiger partial charge in [0.1, 0.15) is 5.82 Å². The van der Waals surface area contributed by atoms with Crippen LogP contribution in [0.3, 0.4) is 0 Å². The van der Waals surface area contributed by atoms with Crippen LogP contribution in [0.5, 0.6) is 0 Å². The summed E-state index contributed by atoms with van der Waals surface area (Å²) in [6.45, 7) is 2.23. The number of aromatic carboxylic acids is 1. The Labute approximate surface area is 118 Å². The Kier molecular flexibility index (Phi) is 4.64. The van der Waals surface area contributed by atoms with Crippen LogP contribution in [0.4, 0.5) is 5.82 Å². The smallest absolute Gasteiger partial charge is 0.337 e. The molecule has 1 heterocycles. The molecule has 0 radical (unpaired) electrons. The second-order valence-electron chi connectivity index (χ2n) is 5.12. The van der Waals surface area contributed by atoms with Gasteiger partial charge in [0.15, 0.2) is 0 Å². The van der Waals surface area contributed by atoms with E-state index in [4.69, 9.17) is 16.7 Å². The number of rotatable bonds is 4. The minimum atomic E-state index is -1.02. The average Bonchev–Trinajstić information content (AvgIpc) is 2.41. The number of nitrogens with one attached hydrogen (secondary N) is 1. The van der Waals surface area contributed by atoms with Crippen LogP contribution >= 0.6 is 11.6 Å². The summed E-state index contributed by atoms with van der Waals surface area (Å²) in [5.41, 5.74) is 0.0985. The van der Waals surface area contributed by atoms with Crippen molar-refractivity contribution in [2.45, 2.75) is 45.1 Å². The molecule has 0 aliphatic heterocycles. The van der Waals surface area contributed by atoms with E-state index >= 15 is 0 Å². The molecular weight excluding hydrogens is 264 g/mol. The van der Waals surface area contributed by atoms with Crippen molar-refractivity contribution in [2.24, 2.45) is 5.92 Å². The lowest BCUT2D eigenvalue weighted by Crippen LogP contribution is -2.26. The molecule has 104 valence electrons. The van der Waals surface area contributed by atoms with E-state index in [0.717, 1.165) is 18.8 Å². The first-order chi connectivity index (χ1) is 9.10. The van der Waals surface area contributed by atoms with Crippen LogP contribution in [0, 0.1) is 5.92 Å². The number of pyridine rings is 1. The van der Waals surface area contributed by atoms with E-state index in [1.54, 1.807) is 0 Å². The first-order valence-corrected chi connectivity index (χ1v) is 7.13. The van der Waals surface area contributed by atoms with E-state index < -0.39 is 5.97 Å². The summed E-state index contributed by atoms with van der Waals surface area (Å²) in [6, 6.07) is 1.90. The van der Waals surface area contributed by atoms with Gasteiger partial charge in [0, 0.05) is 12.2 Å². The highest BCUT2D eigenvalue weighted by Gasteiger charge is 2.20. The van der Waals surface area contributed by atoms with E-state index in [1.807, 2.05) is 0 Å². The van der Waals surface area contributed by atoms with Crippen molar-refractivity contribution in [1.29, 1.82) is 0 Å². The first kappa shape index (κ1) is 14.1. The number of carbonyl (C=O) groups is 1. The highest BCUT2D eigenvalue weighted by atomic mass is 35.5. The molecule has 0 atom stereocenters. The Morgan fingerprint density at radius 3 is 2.74 bits per heavy atom. The van der Waals surface area contributed by atoms with Gasteiger partial charge in [0.25, 0.3) is 0 Å². The molecule has 1 saturated carbocycles. The second kappa shape index (κ2) is 6.24.